The Kier molecular flexibility index (Phi) is 7.03. The van der Waals surface area contributed by atoms with Crippen LogP contribution in [0.4, 0.5) is 5.69 Å². The van der Waals surface area contributed by atoms with Gasteiger partial charge in [0.2, 0.25) is 0 Å². The number of anilines is 1. The molecule has 16 heavy (non-hydrogen) atoms. The summed E-state index contributed by atoms with van der Waals surface area (Å²) in [6, 6.07) is 0. The summed E-state index contributed by atoms with van der Waals surface area (Å²) in [7, 11) is 0. The molecule has 0 radical (unpaired) electrons. The first kappa shape index (κ1) is 13.3. The molecule has 1 heterocycles. The third-order valence-corrected chi connectivity index (χ3v) is 2.58. The summed E-state index contributed by atoms with van der Waals surface area (Å²) < 4.78 is 6.99. The van der Waals surface area contributed by atoms with Crippen LogP contribution >= 0.6 is 11.8 Å². The molecule has 2 N–H and O–H groups in total. The van der Waals surface area contributed by atoms with Crippen LogP contribution in [0.5, 0.6) is 0 Å². The number of hydrogen-bond acceptors (Lipinski definition) is 5. The molecule has 0 aromatic carbocycles. The van der Waals surface area contributed by atoms with Crippen molar-refractivity contribution in [3.8, 4) is 0 Å². The van der Waals surface area contributed by atoms with Crippen molar-refractivity contribution in [2.24, 2.45) is 0 Å². The summed E-state index contributed by atoms with van der Waals surface area (Å²) in [5.41, 5.74) is 1.04. The van der Waals surface area contributed by atoms with Gasteiger partial charge in [0.15, 0.2) is 0 Å². The second-order valence-electron chi connectivity index (χ2n) is 3.25. The molecule has 1 rings (SSSR count). The minimum Gasteiger partial charge on any atom is -0.394 e. The number of aliphatic hydroxyl groups excluding tert-OH is 1. The van der Waals surface area contributed by atoms with Crippen molar-refractivity contribution in [3.05, 3.63) is 12.4 Å². The zero-order chi connectivity index (χ0) is 11.6. The maximum Gasteiger partial charge on any atom is 0.0726 e. The minimum atomic E-state index is 0.0700. The van der Waals surface area contributed by atoms with Crippen LogP contribution in [-0.4, -0.2) is 53.3 Å². The lowest BCUT2D eigenvalue weighted by molar-refractivity contribution is 0.0854. The molecule has 0 fully saturated rings. The zero-order valence-corrected chi connectivity index (χ0v) is 10.4. The topological polar surface area (TPSA) is 59.3 Å². The second-order valence-corrected chi connectivity index (χ2v) is 4.23. The summed E-state index contributed by atoms with van der Waals surface area (Å²) in [6.07, 6.45) is 5.86. The Morgan fingerprint density at radius 2 is 2.44 bits per heavy atom. The molecular weight excluding hydrogens is 226 g/mol. The van der Waals surface area contributed by atoms with Crippen LogP contribution in [0.2, 0.25) is 0 Å². The van der Waals surface area contributed by atoms with Crippen molar-refractivity contribution in [3.63, 3.8) is 0 Å². The Bertz CT molecular complexity index is 281. The van der Waals surface area contributed by atoms with Gasteiger partial charge < -0.3 is 15.2 Å². The van der Waals surface area contributed by atoms with Crippen molar-refractivity contribution in [2.45, 2.75) is 6.54 Å². The van der Waals surface area contributed by atoms with Gasteiger partial charge in [0, 0.05) is 18.5 Å². The molecule has 0 amide bonds. The molecule has 6 heteroatoms. The molecular formula is C10H19N3O2S. The van der Waals surface area contributed by atoms with Crippen LogP contribution in [0.15, 0.2) is 12.4 Å². The summed E-state index contributed by atoms with van der Waals surface area (Å²) in [5, 5.41) is 16.0. The normalized spacial score (nSPS) is 10.6. The second kappa shape index (κ2) is 8.43. The summed E-state index contributed by atoms with van der Waals surface area (Å²) in [6.45, 7) is 2.70. The van der Waals surface area contributed by atoms with Crippen molar-refractivity contribution in [1.29, 1.82) is 0 Å². The van der Waals surface area contributed by atoms with E-state index in [1.54, 1.807) is 0 Å². The fourth-order valence-corrected chi connectivity index (χ4v) is 1.51. The Labute approximate surface area is 100 Å². The molecule has 1 aromatic rings. The van der Waals surface area contributed by atoms with Crippen LogP contribution in [0.1, 0.15) is 0 Å². The van der Waals surface area contributed by atoms with Crippen LogP contribution in [0.3, 0.4) is 0 Å². The van der Waals surface area contributed by atoms with Gasteiger partial charge in [0.05, 0.1) is 38.2 Å². The van der Waals surface area contributed by atoms with Crippen molar-refractivity contribution in [1.82, 2.24) is 9.78 Å². The fraction of sp³-hybridized carbons (Fsp3) is 0.700. The van der Waals surface area contributed by atoms with Gasteiger partial charge in [0.25, 0.3) is 0 Å². The molecule has 0 aliphatic rings. The van der Waals surface area contributed by atoms with Gasteiger partial charge in [-0.1, -0.05) is 0 Å². The third kappa shape index (κ3) is 5.39. The molecule has 1 aromatic heterocycles. The largest absolute Gasteiger partial charge is 0.394 e. The number of rotatable bonds is 9. The van der Waals surface area contributed by atoms with E-state index in [0.717, 1.165) is 18.0 Å². The van der Waals surface area contributed by atoms with E-state index in [1.807, 2.05) is 28.8 Å². The van der Waals surface area contributed by atoms with Crippen LogP contribution < -0.4 is 5.32 Å². The highest BCUT2D eigenvalue weighted by Gasteiger charge is 1.97. The van der Waals surface area contributed by atoms with E-state index in [9.17, 15) is 0 Å². The van der Waals surface area contributed by atoms with Crippen molar-refractivity contribution >= 4 is 17.4 Å². The van der Waals surface area contributed by atoms with E-state index < -0.39 is 0 Å². The molecule has 0 atom stereocenters. The molecule has 0 aliphatic carbocycles. The smallest absolute Gasteiger partial charge is 0.0726 e. The van der Waals surface area contributed by atoms with Gasteiger partial charge in [0.1, 0.15) is 0 Å². The summed E-state index contributed by atoms with van der Waals surface area (Å²) >= 11 is 1.81. The molecule has 0 aliphatic heterocycles. The van der Waals surface area contributed by atoms with Gasteiger partial charge in [-0.2, -0.15) is 16.9 Å². The fourth-order valence-electron chi connectivity index (χ4n) is 1.20. The maximum absolute atomic E-state index is 8.53. The maximum atomic E-state index is 8.53. The Hall–Kier alpha value is -0.720. The minimum absolute atomic E-state index is 0.0700. The van der Waals surface area contributed by atoms with E-state index in [2.05, 4.69) is 16.7 Å². The quantitative estimate of drug-likeness (QED) is 0.626. The molecule has 0 saturated carbocycles. The van der Waals surface area contributed by atoms with E-state index in [4.69, 9.17) is 9.84 Å². The van der Waals surface area contributed by atoms with Gasteiger partial charge in [-0.15, -0.1) is 0 Å². The van der Waals surface area contributed by atoms with Crippen molar-refractivity contribution in [2.75, 3.05) is 43.7 Å². The van der Waals surface area contributed by atoms with Crippen LogP contribution in [-0.2, 0) is 11.3 Å². The average Bonchev–Trinajstić information content (AvgIpc) is 2.73. The SMILES string of the molecule is CSCCNc1cnn(CCOCCO)c1. The Balaban J connectivity index is 2.17. The highest BCUT2D eigenvalue weighted by atomic mass is 32.2. The average molecular weight is 245 g/mol. The lowest BCUT2D eigenvalue weighted by Crippen LogP contribution is -2.08. The Morgan fingerprint density at radius 1 is 1.56 bits per heavy atom. The first-order chi connectivity index (χ1) is 7.86. The number of nitrogens with one attached hydrogen (secondary N) is 1. The number of thioether (sulfide) groups is 1. The summed E-state index contributed by atoms with van der Waals surface area (Å²) in [5.74, 6) is 1.09. The van der Waals surface area contributed by atoms with Crippen LogP contribution in [0, 0.1) is 0 Å². The lowest BCUT2D eigenvalue weighted by Gasteiger charge is -2.02. The van der Waals surface area contributed by atoms with Gasteiger partial charge in [-0.3, -0.25) is 4.68 Å². The van der Waals surface area contributed by atoms with Gasteiger partial charge in [-0.05, 0) is 6.26 Å². The number of nitrogens with zero attached hydrogens (tertiary/aromatic N) is 2. The van der Waals surface area contributed by atoms with Gasteiger partial charge >= 0.3 is 0 Å². The summed E-state index contributed by atoms with van der Waals surface area (Å²) in [4.78, 5) is 0. The zero-order valence-electron chi connectivity index (χ0n) is 9.56. The van der Waals surface area contributed by atoms with E-state index in [1.165, 1.54) is 0 Å². The van der Waals surface area contributed by atoms with Gasteiger partial charge in [-0.25, -0.2) is 0 Å². The number of ether oxygens (including phenoxy) is 1. The Morgan fingerprint density at radius 3 is 3.19 bits per heavy atom. The monoisotopic (exact) mass is 245 g/mol. The van der Waals surface area contributed by atoms with E-state index in [-0.39, 0.29) is 6.61 Å². The standard InChI is InChI=1S/C10H19N3O2S/c1-16-7-2-11-10-8-12-13(9-10)3-5-15-6-4-14/h8-9,11,14H,2-7H2,1H3. The molecule has 92 valence electrons. The molecule has 5 nitrogen and oxygen atoms in total. The van der Waals surface area contributed by atoms with E-state index >= 15 is 0 Å². The van der Waals surface area contributed by atoms with Crippen LogP contribution in [0.25, 0.3) is 0 Å². The number of aromatic nitrogens is 2. The van der Waals surface area contributed by atoms with Crippen molar-refractivity contribution < 1.29 is 9.84 Å². The number of aliphatic hydroxyl groups is 1. The third-order valence-electron chi connectivity index (χ3n) is 1.97. The first-order valence-corrected chi connectivity index (χ1v) is 6.70. The predicted octanol–water partition coefficient (Wildman–Crippen LogP) is 0.667. The molecule has 0 bridgehead atoms. The number of hydrogen-bond donors (Lipinski definition) is 2. The van der Waals surface area contributed by atoms with E-state index in [0.29, 0.717) is 19.8 Å². The highest BCUT2D eigenvalue weighted by molar-refractivity contribution is 7.98. The molecule has 0 spiro atoms. The first-order valence-electron chi connectivity index (χ1n) is 5.30. The molecule has 0 saturated heterocycles. The predicted molar refractivity (Wildman–Crippen MR) is 67.0 cm³/mol. The molecule has 0 unspecified atom stereocenters. The highest BCUT2D eigenvalue weighted by Crippen LogP contribution is 2.04. The lowest BCUT2D eigenvalue weighted by atomic mass is 10.5.